The standard InChI is InChI=1S/C16H15NO2/c18-15-7-2-1-6-14(15)17-16(19)13-9-8-11-4-3-5-12(11)10-13/h1-2,6-10,18H,3-5H2,(H,17,19). The summed E-state index contributed by atoms with van der Waals surface area (Å²) < 4.78 is 0. The van der Waals surface area contributed by atoms with Gasteiger partial charge in [-0.05, 0) is 54.7 Å². The second-order valence-corrected chi connectivity index (χ2v) is 4.81. The number of hydrogen-bond acceptors (Lipinski definition) is 2. The Morgan fingerprint density at radius 2 is 1.84 bits per heavy atom. The lowest BCUT2D eigenvalue weighted by Crippen LogP contribution is -2.12. The van der Waals surface area contributed by atoms with E-state index >= 15 is 0 Å². The van der Waals surface area contributed by atoms with Crippen LogP contribution in [0.1, 0.15) is 27.9 Å². The fourth-order valence-electron chi connectivity index (χ4n) is 2.49. The number of carbonyl (C=O) groups is 1. The summed E-state index contributed by atoms with van der Waals surface area (Å²) >= 11 is 0. The van der Waals surface area contributed by atoms with Crippen LogP contribution in [0.3, 0.4) is 0 Å². The summed E-state index contributed by atoms with van der Waals surface area (Å²) in [6.07, 6.45) is 3.32. The van der Waals surface area contributed by atoms with Crippen LogP contribution in [-0.4, -0.2) is 11.0 Å². The van der Waals surface area contributed by atoms with Gasteiger partial charge in [0, 0.05) is 5.56 Å². The Morgan fingerprint density at radius 1 is 1.05 bits per heavy atom. The van der Waals surface area contributed by atoms with Gasteiger partial charge in [-0.25, -0.2) is 0 Å². The zero-order valence-electron chi connectivity index (χ0n) is 10.5. The molecule has 2 N–H and O–H groups in total. The fraction of sp³-hybridized carbons (Fsp3) is 0.188. The van der Waals surface area contributed by atoms with Crippen LogP contribution >= 0.6 is 0 Å². The molecule has 3 nitrogen and oxygen atoms in total. The summed E-state index contributed by atoms with van der Waals surface area (Å²) in [7, 11) is 0. The summed E-state index contributed by atoms with van der Waals surface area (Å²) in [6, 6.07) is 12.6. The normalized spacial score (nSPS) is 13.1. The van der Waals surface area contributed by atoms with Crippen LogP contribution in [0.2, 0.25) is 0 Å². The molecule has 2 aromatic carbocycles. The minimum atomic E-state index is -0.184. The van der Waals surface area contributed by atoms with Crippen molar-refractivity contribution in [3.05, 3.63) is 59.2 Å². The number of aryl methyl sites for hydroxylation is 2. The molecule has 96 valence electrons. The van der Waals surface area contributed by atoms with Gasteiger partial charge in [0.2, 0.25) is 0 Å². The molecular formula is C16H15NO2. The highest BCUT2D eigenvalue weighted by atomic mass is 16.3. The first kappa shape index (κ1) is 11.8. The number of carbonyl (C=O) groups excluding carboxylic acids is 1. The lowest BCUT2D eigenvalue weighted by Gasteiger charge is -2.08. The lowest BCUT2D eigenvalue weighted by molar-refractivity contribution is 0.102. The zero-order valence-corrected chi connectivity index (χ0v) is 10.5. The largest absolute Gasteiger partial charge is 0.506 e. The highest BCUT2D eigenvalue weighted by molar-refractivity contribution is 6.05. The third kappa shape index (κ3) is 2.32. The van der Waals surface area contributed by atoms with E-state index in [0.29, 0.717) is 11.3 Å². The third-order valence-corrected chi connectivity index (χ3v) is 3.51. The van der Waals surface area contributed by atoms with Crippen LogP contribution in [-0.2, 0) is 12.8 Å². The Kier molecular flexibility index (Phi) is 2.95. The number of benzene rings is 2. The fourth-order valence-corrected chi connectivity index (χ4v) is 2.49. The molecule has 0 bridgehead atoms. The third-order valence-electron chi connectivity index (χ3n) is 3.51. The predicted octanol–water partition coefficient (Wildman–Crippen LogP) is 3.13. The molecule has 1 aliphatic carbocycles. The van der Waals surface area contributed by atoms with Crippen molar-refractivity contribution < 1.29 is 9.90 Å². The van der Waals surface area contributed by atoms with Crippen molar-refractivity contribution in [1.82, 2.24) is 0 Å². The summed E-state index contributed by atoms with van der Waals surface area (Å²) in [5.74, 6) is -0.104. The van der Waals surface area contributed by atoms with E-state index in [1.165, 1.54) is 17.5 Å². The topological polar surface area (TPSA) is 49.3 Å². The monoisotopic (exact) mass is 253 g/mol. The molecule has 0 aromatic heterocycles. The second kappa shape index (κ2) is 4.76. The van der Waals surface area contributed by atoms with E-state index in [-0.39, 0.29) is 11.7 Å². The molecule has 0 atom stereocenters. The second-order valence-electron chi connectivity index (χ2n) is 4.81. The molecule has 0 heterocycles. The van der Waals surface area contributed by atoms with Crippen molar-refractivity contribution in [2.45, 2.75) is 19.3 Å². The lowest BCUT2D eigenvalue weighted by atomic mass is 10.1. The number of nitrogens with one attached hydrogen (secondary N) is 1. The van der Waals surface area contributed by atoms with Gasteiger partial charge in [0.05, 0.1) is 5.69 Å². The van der Waals surface area contributed by atoms with Gasteiger partial charge < -0.3 is 10.4 Å². The summed E-state index contributed by atoms with van der Waals surface area (Å²) in [5, 5.41) is 12.4. The number of aromatic hydroxyl groups is 1. The van der Waals surface area contributed by atoms with Crippen LogP contribution in [0.5, 0.6) is 5.75 Å². The first-order valence-corrected chi connectivity index (χ1v) is 6.45. The van der Waals surface area contributed by atoms with E-state index in [0.717, 1.165) is 12.8 Å². The molecule has 3 heteroatoms. The van der Waals surface area contributed by atoms with E-state index in [1.807, 2.05) is 18.2 Å². The SMILES string of the molecule is O=C(Nc1ccccc1O)c1ccc2c(c1)CCC2. The molecule has 0 unspecified atom stereocenters. The molecule has 0 spiro atoms. The van der Waals surface area contributed by atoms with Crippen molar-refractivity contribution in [3.63, 3.8) is 0 Å². The highest BCUT2D eigenvalue weighted by Gasteiger charge is 2.14. The molecular weight excluding hydrogens is 238 g/mol. The Balaban J connectivity index is 1.83. The number of phenolic OH excluding ortho intramolecular Hbond substituents is 1. The minimum absolute atomic E-state index is 0.0806. The first-order chi connectivity index (χ1) is 9.24. The van der Waals surface area contributed by atoms with Crippen molar-refractivity contribution in [2.75, 3.05) is 5.32 Å². The van der Waals surface area contributed by atoms with Crippen LogP contribution in [0, 0.1) is 0 Å². The maximum atomic E-state index is 12.1. The van der Waals surface area contributed by atoms with E-state index in [1.54, 1.807) is 24.3 Å². The smallest absolute Gasteiger partial charge is 0.255 e. The van der Waals surface area contributed by atoms with E-state index in [9.17, 15) is 9.90 Å². The number of amides is 1. The van der Waals surface area contributed by atoms with Gasteiger partial charge in [0.1, 0.15) is 5.75 Å². The number of phenols is 1. The first-order valence-electron chi connectivity index (χ1n) is 6.45. The molecule has 1 aliphatic rings. The molecule has 0 fully saturated rings. The maximum Gasteiger partial charge on any atom is 0.255 e. The highest BCUT2D eigenvalue weighted by Crippen LogP contribution is 2.25. The van der Waals surface area contributed by atoms with Gasteiger partial charge in [-0.15, -0.1) is 0 Å². The van der Waals surface area contributed by atoms with Crippen LogP contribution in [0.25, 0.3) is 0 Å². The molecule has 0 saturated heterocycles. The molecule has 1 amide bonds. The number of hydrogen-bond donors (Lipinski definition) is 2. The zero-order chi connectivity index (χ0) is 13.2. The Bertz CT molecular complexity index is 634. The number of fused-ring (bicyclic) bond motifs is 1. The van der Waals surface area contributed by atoms with Gasteiger partial charge in [0.15, 0.2) is 0 Å². The van der Waals surface area contributed by atoms with Crippen molar-refractivity contribution in [1.29, 1.82) is 0 Å². The van der Waals surface area contributed by atoms with Crippen LogP contribution in [0.4, 0.5) is 5.69 Å². The predicted molar refractivity (Wildman–Crippen MR) is 74.5 cm³/mol. The average Bonchev–Trinajstić information content (AvgIpc) is 2.88. The van der Waals surface area contributed by atoms with Crippen molar-refractivity contribution in [2.24, 2.45) is 0 Å². The Morgan fingerprint density at radius 3 is 2.68 bits per heavy atom. The molecule has 0 saturated carbocycles. The maximum absolute atomic E-state index is 12.1. The van der Waals surface area contributed by atoms with Gasteiger partial charge >= 0.3 is 0 Å². The number of para-hydroxylation sites is 2. The van der Waals surface area contributed by atoms with Crippen molar-refractivity contribution in [3.8, 4) is 5.75 Å². The van der Waals surface area contributed by atoms with Gasteiger partial charge in [0.25, 0.3) is 5.91 Å². The average molecular weight is 253 g/mol. The van der Waals surface area contributed by atoms with Crippen molar-refractivity contribution >= 4 is 11.6 Å². The van der Waals surface area contributed by atoms with Crippen LogP contribution in [0.15, 0.2) is 42.5 Å². The molecule has 3 rings (SSSR count). The molecule has 2 aromatic rings. The van der Waals surface area contributed by atoms with Gasteiger partial charge in [-0.3, -0.25) is 4.79 Å². The van der Waals surface area contributed by atoms with Gasteiger partial charge in [-0.2, -0.15) is 0 Å². The molecule has 0 radical (unpaired) electrons. The number of rotatable bonds is 2. The Labute approximate surface area is 111 Å². The Hall–Kier alpha value is -2.29. The van der Waals surface area contributed by atoms with E-state index in [2.05, 4.69) is 5.32 Å². The number of anilines is 1. The summed E-state index contributed by atoms with van der Waals surface area (Å²) in [4.78, 5) is 12.1. The minimum Gasteiger partial charge on any atom is -0.506 e. The summed E-state index contributed by atoms with van der Waals surface area (Å²) in [5.41, 5.74) is 3.70. The summed E-state index contributed by atoms with van der Waals surface area (Å²) in [6.45, 7) is 0. The van der Waals surface area contributed by atoms with E-state index in [4.69, 9.17) is 0 Å². The quantitative estimate of drug-likeness (QED) is 0.808. The van der Waals surface area contributed by atoms with E-state index < -0.39 is 0 Å². The van der Waals surface area contributed by atoms with Crippen LogP contribution < -0.4 is 5.32 Å². The molecule has 19 heavy (non-hydrogen) atoms. The molecule has 0 aliphatic heterocycles. The van der Waals surface area contributed by atoms with Gasteiger partial charge in [-0.1, -0.05) is 18.2 Å².